The van der Waals surface area contributed by atoms with E-state index in [1.54, 1.807) is 4.90 Å². The van der Waals surface area contributed by atoms with Crippen molar-refractivity contribution in [2.75, 3.05) is 25.0 Å². The van der Waals surface area contributed by atoms with Gasteiger partial charge >= 0.3 is 6.03 Å². The maximum absolute atomic E-state index is 11.6. The minimum atomic E-state index is -0.0145. The minimum Gasteiger partial charge on any atom is -0.396 e. The standard InChI is InChI=1S/C13H18N2O2/c16-10-1-3-11-4-6-12(7-5-11)14-13(17)15-8-2-9-15/h4-7,16H,1-3,8-10H2,(H,14,17). The van der Waals surface area contributed by atoms with Crippen molar-refractivity contribution in [2.45, 2.75) is 19.3 Å². The van der Waals surface area contributed by atoms with Gasteiger partial charge in [-0.3, -0.25) is 0 Å². The second-order valence-corrected chi connectivity index (χ2v) is 4.29. The Kier molecular flexibility index (Phi) is 3.98. The fraction of sp³-hybridized carbons (Fsp3) is 0.462. The zero-order valence-corrected chi connectivity index (χ0v) is 9.85. The number of carbonyl (C=O) groups is 1. The number of urea groups is 1. The summed E-state index contributed by atoms with van der Waals surface area (Å²) >= 11 is 0. The summed E-state index contributed by atoms with van der Waals surface area (Å²) in [4.78, 5) is 13.4. The number of hydrogen-bond donors (Lipinski definition) is 2. The van der Waals surface area contributed by atoms with Crippen molar-refractivity contribution in [3.63, 3.8) is 0 Å². The molecule has 1 fully saturated rings. The number of aryl methyl sites for hydroxylation is 1. The number of anilines is 1. The van der Waals surface area contributed by atoms with Gasteiger partial charge in [-0.25, -0.2) is 4.79 Å². The predicted molar refractivity (Wildman–Crippen MR) is 67.1 cm³/mol. The van der Waals surface area contributed by atoms with Crippen molar-refractivity contribution in [1.29, 1.82) is 0 Å². The monoisotopic (exact) mass is 234 g/mol. The van der Waals surface area contributed by atoms with E-state index >= 15 is 0 Å². The fourth-order valence-electron chi connectivity index (χ4n) is 1.76. The lowest BCUT2D eigenvalue weighted by atomic mass is 10.1. The Morgan fingerprint density at radius 1 is 1.29 bits per heavy atom. The number of carbonyl (C=O) groups excluding carboxylic acids is 1. The third-order valence-electron chi connectivity index (χ3n) is 2.97. The summed E-state index contributed by atoms with van der Waals surface area (Å²) in [6.07, 6.45) is 2.75. The van der Waals surface area contributed by atoms with Crippen LogP contribution in [0.4, 0.5) is 10.5 Å². The summed E-state index contributed by atoms with van der Waals surface area (Å²) in [5.41, 5.74) is 2.01. The second kappa shape index (κ2) is 5.68. The lowest BCUT2D eigenvalue weighted by Crippen LogP contribution is -2.44. The molecule has 17 heavy (non-hydrogen) atoms. The average molecular weight is 234 g/mol. The largest absolute Gasteiger partial charge is 0.396 e. The molecule has 1 aliphatic rings. The molecule has 0 radical (unpaired) electrons. The van der Waals surface area contributed by atoms with Crippen molar-refractivity contribution in [1.82, 2.24) is 4.90 Å². The smallest absolute Gasteiger partial charge is 0.321 e. The Balaban J connectivity index is 1.86. The first-order chi connectivity index (χ1) is 8.29. The van der Waals surface area contributed by atoms with E-state index in [9.17, 15) is 4.79 Å². The highest BCUT2D eigenvalue weighted by Gasteiger charge is 2.19. The van der Waals surface area contributed by atoms with Gasteiger partial charge in [0, 0.05) is 25.4 Å². The molecule has 1 saturated heterocycles. The first kappa shape index (κ1) is 11.9. The molecular weight excluding hydrogens is 216 g/mol. The second-order valence-electron chi connectivity index (χ2n) is 4.29. The Labute approximate surface area is 101 Å². The van der Waals surface area contributed by atoms with E-state index in [4.69, 9.17) is 5.11 Å². The highest BCUT2D eigenvalue weighted by Crippen LogP contribution is 2.13. The van der Waals surface area contributed by atoms with Crippen molar-refractivity contribution in [2.24, 2.45) is 0 Å². The summed E-state index contributed by atoms with van der Waals surface area (Å²) in [5.74, 6) is 0. The van der Waals surface area contributed by atoms with E-state index < -0.39 is 0 Å². The van der Waals surface area contributed by atoms with Crippen LogP contribution in [0, 0.1) is 0 Å². The number of amides is 2. The normalized spacial score (nSPS) is 14.3. The van der Waals surface area contributed by atoms with Crippen LogP contribution in [0.1, 0.15) is 18.4 Å². The molecule has 0 saturated carbocycles. The van der Waals surface area contributed by atoms with Gasteiger partial charge in [-0.15, -0.1) is 0 Å². The third-order valence-corrected chi connectivity index (χ3v) is 2.97. The molecule has 0 spiro atoms. The van der Waals surface area contributed by atoms with E-state index in [0.717, 1.165) is 38.0 Å². The number of benzene rings is 1. The van der Waals surface area contributed by atoms with E-state index in [1.165, 1.54) is 5.56 Å². The lowest BCUT2D eigenvalue weighted by molar-refractivity contribution is 0.181. The summed E-state index contributed by atoms with van der Waals surface area (Å²) in [6.45, 7) is 1.94. The van der Waals surface area contributed by atoms with Gasteiger partial charge in [0.1, 0.15) is 0 Å². The quantitative estimate of drug-likeness (QED) is 0.835. The van der Waals surface area contributed by atoms with Gasteiger partial charge in [0.05, 0.1) is 0 Å². The van der Waals surface area contributed by atoms with E-state index in [0.29, 0.717) is 0 Å². The van der Waals surface area contributed by atoms with Gasteiger partial charge in [0.15, 0.2) is 0 Å². The summed E-state index contributed by atoms with van der Waals surface area (Å²) in [7, 11) is 0. The molecule has 1 aliphatic heterocycles. The average Bonchev–Trinajstić information content (AvgIpc) is 2.26. The molecule has 0 aliphatic carbocycles. The fourth-order valence-corrected chi connectivity index (χ4v) is 1.76. The van der Waals surface area contributed by atoms with Crippen molar-refractivity contribution in [3.8, 4) is 0 Å². The van der Waals surface area contributed by atoms with Crippen LogP contribution >= 0.6 is 0 Å². The van der Waals surface area contributed by atoms with E-state index in [1.807, 2.05) is 24.3 Å². The zero-order valence-electron chi connectivity index (χ0n) is 9.85. The van der Waals surface area contributed by atoms with Crippen LogP contribution in [0.3, 0.4) is 0 Å². The topological polar surface area (TPSA) is 52.6 Å². The predicted octanol–water partition coefficient (Wildman–Crippen LogP) is 1.85. The molecule has 0 aromatic heterocycles. The van der Waals surface area contributed by atoms with Crippen LogP contribution in [0.5, 0.6) is 0 Å². The van der Waals surface area contributed by atoms with Gasteiger partial charge in [-0.05, 0) is 37.0 Å². The summed E-state index contributed by atoms with van der Waals surface area (Å²) in [5, 5.41) is 11.6. The lowest BCUT2D eigenvalue weighted by Gasteiger charge is -2.30. The number of likely N-dealkylation sites (tertiary alicyclic amines) is 1. The molecule has 4 heteroatoms. The third kappa shape index (κ3) is 3.20. The number of aliphatic hydroxyl groups is 1. The van der Waals surface area contributed by atoms with Crippen LogP contribution < -0.4 is 5.32 Å². The van der Waals surface area contributed by atoms with Gasteiger partial charge in [0.25, 0.3) is 0 Å². The first-order valence-electron chi connectivity index (χ1n) is 6.05. The Bertz CT molecular complexity index is 372. The number of rotatable bonds is 4. The highest BCUT2D eigenvalue weighted by atomic mass is 16.2. The van der Waals surface area contributed by atoms with E-state index in [2.05, 4.69) is 5.32 Å². The number of nitrogens with one attached hydrogen (secondary N) is 1. The molecule has 2 N–H and O–H groups in total. The molecule has 0 atom stereocenters. The van der Waals surface area contributed by atoms with Crippen LogP contribution in [0.15, 0.2) is 24.3 Å². The molecule has 0 unspecified atom stereocenters. The Morgan fingerprint density at radius 2 is 2.00 bits per heavy atom. The minimum absolute atomic E-state index is 0.0145. The molecular formula is C13H18N2O2. The van der Waals surface area contributed by atoms with Gasteiger partial charge in [-0.2, -0.15) is 0 Å². The van der Waals surface area contributed by atoms with Gasteiger partial charge in [0.2, 0.25) is 0 Å². The van der Waals surface area contributed by atoms with Crippen LogP contribution in [0.2, 0.25) is 0 Å². The number of hydrogen-bond acceptors (Lipinski definition) is 2. The van der Waals surface area contributed by atoms with Crippen molar-refractivity contribution >= 4 is 11.7 Å². The summed E-state index contributed by atoms with van der Waals surface area (Å²) in [6, 6.07) is 7.77. The maximum Gasteiger partial charge on any atom is 0.321 e. The van der Waals surface area contributed by atoms with Crippen LogP contribution in [0.25, 0.3) is 0 Å². The van der Waals surface area contributed by atoms with Crippen molar-refractivity contribution in [3.05, 3.63) is 29.8 Å². The molecule has 1 aromatic carbocycles. The Morgan fingerprint density at radius 3 is 2.53 bits per heavy atom. The Hall–Kier alpha value is -1.55. The first-order valence-corrected chi connectivity index (χ1v) is 6.05. The molecule has 1 heterocycles. The SMILES string of the molecule is O=C(Nc1ccc(CCCO)cc1)N1CCC1. The molecule has 92 valence electrons. The van der Waals surface area contributed by atoms with E-state index in [-0.39, 0.29) is 12.6 Å². The molecule has 2 amide bonds. The summed E-state index contributed by atoms with van der Waals surface area (Å²) < 4.78 is 0. The van der Waals surface area contributed by atoms with Crippen LogP contribution in [-0.4, -0.2) is 35.7 Å². The van der Waals surface area contributed by atoms with Gasteiger partial charge < -0.3 is 15.3 Å². The highest BCUT2D eigenvalue weighted by molar-refractivity contribution is 5.89. The number of aliphatic hydroxyl groups excluding tert-OH is 1. The van der Waals surface area contributed by atoms with Crippen LogP contribution in [-0.2, 0) is 6.42 Å². The molecule has 1 aromatic rings. The maximum atomic E-state index is 11.6. The molecule has 0 bridgehead atoms. The molecule has 4 nitrogen and oxygen atoms in total. The number of nitrogens with zero attached hydrogens (tertiary/aromatic N) is 1. The van der Waals surface area contributed by atoms with Crippen molar-refractivity contribution < 1.29 is 9.90 Å². The molecule has 2 rings (SSSR count). The van der Waals surface area contributed by atoms with Gasteiger partial charge in [-0.1, -0.05) is 12.1 Å². The zero-order chi connectivity index (χ0) is 12.1.